The molecule has 0 fully saturated rings. The molecule has 6 nitrogen and oxygen atoms in total. The molecule has 0 saturated carbocycles. The quantitative estimate of drug-likeness (QED) is 0.378. The Kier molecular flexibility index (Phi) is 7.06. The molecule has 0 aliphatic carbocycles. The molecular formula is C15H36O6Si3. The van der Waals surface area contributed by atoms with E-state index < -0.39 is 58.9 Å². The monoisotopic (exact) mass is 396 g/mol. The Morgan fingerprint density at radius 2 is 1.25 bits per heavy atom. The van der Waals surface area contributed by atoms with E-state index in [-0.39, 0.29) is 0 Å². The molecule has 0 aromatic rings. The largest absolute Gasteiger partial charge is 0.394 e. The number of aliphatic hydroxyl groups excluding tert-OH is 3. The predicted octanol–water partition coefficient (Wildman–Crippen LogP) is 0.364. The lowest BCUT2D eigenvalue weighted by molar-refractivity contribution is -0.170. The third kappa shape index (κ3) is 3.78. The summed E-state index contributed by atoms with van der Waals surface area (Å²) in [6, 6.07) is 0. The van der Waals surface area contributed by atoms with Crippen LogP contribution in [0.2, 0.25) is 58.9 Å². The average Bonchev–Trinajstić information content (AvgIpc) is 2.39. The Bertz CT molecular complexity index is 465. The Morgan fingerprint density at radius 3 is 1.46 bits per heavy atom. The normalized spacial score (nSPS) is 21.6. The Morgan fingerprint density at radius 1 is 0.875 bits per heavy atom. The van der Waals surface area contributed by atoms with Crippen molar-refractivity contribution in [3.05, 3.63) is 0 Å². The molecule has 0 radical (unpaired) electrons. The summed E-state index contributed by atoms with van der Waals surface area (Å²) >= 11 is 0. The smallest absolute Gasteiger partial charge is 0.141 e. The lowest BCUT2D eigenvalue weighted by Crippen LogP contribution is -2.85. The highest BCUT2D eigenvalue weighted by atomic mass is 28.3. The number of carbonyl (C=O) groups is 1. The molecule has 0 unspecified atom stereocenters. The van der Waals surface area contributed by atoms with Gasteiger partial charge >= 0.3 is 0 Å². The number of aliphatic hydroxyl groups is 5. The van der Waals surface area contributed by atoms with E-state index in [0.29, 0.717) is 0 Å². The van der Waals surface area contributed by atoms with E-state index in [1.807, 2.05) is 0 Å². The van der Waals surface area contributed by atoms with Crippen molar-refractivity contribution in [2.24, 2.45) is 0 Å². The molecule has 0 bridgehead atoms. The SMILES string of the molecule is C[Si](C)(C)C(=O)[C@](O)([C@@](O)([C@H](O)[C@H](O)CO)[Si](C)(C)C)[Si](C)(C)C. The van der Waals surface area contributed by atoms with Gasteiger partial charge in [-0.1, -0.05) is 58.9 Å². The van der Waals surface area contributed by atoms with Gasteiger partial charge in [0.25, 0.3) is 0 Å². The van der Waals surface area contributed by atoms with E-state index in [0.717, 1.165) is 0 Å². The van der Waals surface area contributed by atoms with Crippen LogP contribution in [-0.2, 0) is 4.79 Å². The van der Waals surface area contributed by atoms with E-state index in [9.17, 15) is 30.3 Å². The van der Waals surface area contributed by atoms with E-state index in [4.69, 9.17) is 0 Å². The zero-order valence-electron chi connectivity index (χ0n) is 16.5. The van der Waals surface area contributed by atoms with Crippen LogP contribution in [-0.4, -0.2) is 84.4 Å². The molecule has 5 N–H and O–H groups in total. The second-order valence-corrected chi connectivity index (χ2v) is 25.2. The molecule has 24 heavy (non-hydrogen) atoms. The molecule has 0 aliphatic rings. The molecule has 0 rings (SSSR count). The van der Waals surface area contributed by atoms with Gasteiger partial charge in [0.05, 0.1) is 22.8 Å². The minimum atomic E-state index is -2.82. The molecule has 0 heterocycles. The Labute approximate surface area is 148 Å². The molecule has 4 atom stereocenters. The highest BCUT2D eigenvalue weighted by Gasteiger charge is 2.71. The van der Waals surface area contributed by atoms with Gasteiger partial charge in [-0.15, -0.1) is 0 Å². The first-order chi connectivity index (χ1) is 10.3. The van der Waals surface area contributed by atoms with Crippen molar-refractivity contribution in [3.63, 3.8) is 0 Å². The maximum absolute atomic E-state index is 13.3. The van der Waals surface area contributed by atoms with Crippen molar-refractivity contribution in [1.82, 2.24) is 0 Å². The summed E-state index contributed by atoms with van der Waals surface area (Å²) in [7, 11) is -8.13. The van der Waals surface area contributed by atoms with Crippen LogP contribution in [0.25, 0.3) is 0 Å². The summed E-state index contributed by atoms with van der Waals surface area (Å²) in [5.41, 5.74) is 0. The Balaban J connectivity index is 6.85. The number of carbonyl (C=O) groups excluding carboxylic acids is 1. The van der Waals surface area contributed by atoms with Crippen molar-refractivity contribution in [3.8, 4) is 0 Å². The molecule has 9 heteroatoms. The third-order valence-electron chi connectivity index (χ3n) is 4.77. The number of hydrogen-bond acceptors (Lipinski definition) is 6. The van der Waals surface area contributed by atoms with Gasteiger partial charge in [-0.2, -0.15) is 0 Å². The summed E-state index contributed by atoms with van der Waals surface area (Å²) in [6.45, 7) is 15.1. The third-order valence-corrected chi connectivity index (χ3v) is 12.7. The van der Waals surface area contributed by atoms with Gasteiger partial charge < -0.3 is 30.3 Å². The fourth-order valence-corrected chi connectivity index (χ4v) is 13.4. The first-order valence-electron chi connectivity index (χ1n) is 8.26. The summed E-state index contributed by atoms with van der Waals surface area (Å²) in [5.74, 6) is 0. The van der Waals surface area contributed by atoms with Crippen molar-refractivity contribution in [1.29, 1.82) is 0 Å². The fraction of sp³-hybridized carbons (Fsp3) is 0.933. The van der Waals surface area contributed by atoms with Gasteiger partial charge in [-0.3, -0.25) is 0 Å². The lowest BCUT2D eigenvalue weighted by atomic mass is 10.0. The lowest BCUT2D eigenvalue weighted by Gasteiger charge is -2.58. The van der Waals surface area contributed by atoms with Gasteiger partial charge in [0.15, 0.2) is 0 Å². The minimum Gasteiger partial charge on any atom is -0.394 e. The van der Waals surface area contributed by atoms with Crippen molar-refractivity contribution < 1.29 is 30.3 Å². The van der Waals surface area contributed by atoms with Crippen LogP contribution in [0.15, 0.2) is 0 Å². The van der Waals surface area contributed by atoms with Crippen LogP contribution in [0.4, 0.5) is 0 Å². The van der Waals surface area contributed by atoms with E-state index in [1.54, 1.807) is 58.9 Å². The van der Waals surface area contributed by atoms with Crippen LogP contribution < -0.4 is 0 Å². The number of rotatable bonds is 8. The Hall–Kier alpha value is 0.121. The second kappa shape index (κ2) is 7.03. The van der Waals surface area contributed by atoms with E-state index in [1.165, 1.54) is 0 Å². The molecule has 0 aromatic carbocycles. The van der Waals surface area contributed by atoms with E-state index >= 15 is 0 Å². The molecule has 0 saturated heterocycles. The molecule has 0 aromatic heterocycles. The highest BCUT2D eigenvalue weighted by molar-refractivity contribution is 7.09. The van der Waals surface area contributed by atoms with E-state index in [2.05, 4.69) is 0 Å². The van der Waals surface area contributed by atoms with Crippen LogP contribution in [0.5, 0.6) is 0 Å². The molecule has 144 valence electrons. The van der Waals surface area contributed by atoms with Crippen molar-refractivity contribution >= 4 is 29.6 Å². The topological polar surface area (TPSA) is 118 Å². The van der Waals surface area contributed by atoms with Gasteiger partial charge in [-0.05, 0) is 0 Å². The van der Waals surface area contributed by atoms with Gasteiger partial charge in [0, 0.05) is 0 Å². The van der Waals surface area contributed by atoms with Gasteiger partial charge in [0.2, 0.25) is 0 Å². The minimum absolute atomic E-state index is 0.414. The second-order valence-electron chi connectivity index (χ2n) is 9.75. The van der Waals surface area contributed by atoms with Gasteiger partial charge in [-0.25, -0.2) is 0 Å². The maximum atomic E-state index is 13.3. The van der Waals surface area contributed by atoms with Crippen LogP contribution in [0, 0.1) is 0 Å². The maximum Gasteiger partial charge on any atom is 0.141 e. The summed E-state index contributed by atoms with van der Waals surface area (Å²) in [5, 5.41) is 48.6. The number of hydrogen-bond donors (Lipinski definition) is 5. The first kappa shape index (κ1) is 24.1. The highest BCUT2D eigenvalue weighted by Crippen LogP contribution is 2.44. The zero-order valence-corrected chi connectivity index (χ0v) is 19.5. The molecule has 0 spiro atoms. The van der Waals surface area contributed by atoms with Crippen molar-refractivity contribution in [2.75, 3.05) is 6.61 Å². The first-order valence-corrected chi connectivity index (χ1v) is 18.8. The molecular weight excluding hydrogens is 360 g/mol. The van der Waals surface area contributed by atoms with Gasteiger partial charge in [0.1, 0.15) is 36.1 Å². The summed E-state index contributed by atoms with van der Waals surface area (Å²) in [4.78, 5) is 13.3. The van der Waals surface area contributed by atoms with Crippen LogP contribution >= 0.6 is 0 Å². The van der Waals surface area contributed by atoms with Crippen LogP contribution in [0.3, 0.4) is 0 Å². The summed E-state index contributed by atoms with van der Waals surface area (Å²) < 4.78 is 0. The summed E-state index contributed by atoms with van der Waals surface area (Å²) in [6.07, 6.45) is -3.45. The zero-order chi connectivity index (χ0) is 19.9. The predicted molar refractivity (Wildman–Crippen MR) is 104 cm³/mol. The fourth-order valence-electron chi connectivity index (χ4n) is 3.21. The standard InChI is InChI=1S/C15H36O6Si3/c1-22(2,3)13(19)15(21,24(7,8)9)14(20,23(4,5)6)12(18)11(17)10-16/h11-12,16-18,20-21H,10H2,1-9H3/t11-,12-,14-,15-/m1/s1. The average molecular weight is 397 g/mol. The van der Waals surface area contributed by atoms with Crippen molar-refractivity contribution in [2.45, 2.75) is 81.6 Å². The van der Waals surface area contributed by atoms with Crippen LogP contribution in [0.1, 0.15) is 0 Å². The molecule has 0 amide bonds. The molecule has 0 aliphatic heterocycles.